The largest absolute Gasteiger partial charge is 0.493 e. The molecule has 7 heteroatoms. The van der Waals surface area contributed by atoms with E-state index in [1.807, 2.05) is 31.2 Å². The Morgan fingerprint density at radius 3 is 2.31 bits per heavy atom. The highest BCUT2D eigenvalue weighted by atomic mass is 16.5. The predicted octanol–water partition coefficient (Wildman–Crippen LogP) is 5.24. The molecular weight excluding hydrogens is 454 g/mol. The lowest BCUT2D eigenvalue weighted by Crippen LogP contribution is -2.47. The summed E-state index contributed by atoms with van der Waals surface area (Å²) in [5.41, 5.74) is 2.54. The molecule has 3 aromatic rings. The van der Waals surface area contributed by atoms with Crippen LogP contribution in [0.2, 0.25) is 0 Å². The first-order chi connectivity index (χ1) is 17.5. The van der Waals surface area contributed by atoms with Crippen LogP contribution in [0.5, 0.6) is 11.5 Å². The van der Waals surface area contributed by atoms with Crippen molar-refractivity contribution in [2.45, 2.75) is 51.1 Å². The Hall–Kier alpha value is -3.87. The minimum atomic E-state index is -0.941. The van der Waals surface area contributed by atoms with E-state index in [0.717, 1.165) is 31.2 Å². The van der Waals surface area contributed by atoms with Crippen molar-refractivity contribution in [3.05, 3.63) is 83.7 Å². The van der Waals surface area contributed by atoms with E-state index in [1.165, 1.54) is 11.3 Å². The lowest BCUT2D eigenvalue weighted by molar-refractivity contribution is -0.123. The van der Waals surface area contributed by atoms with Gasteiger partial charge in [-0.15, -0.1) is 0 Å². The van der Waals surface area contributed by atoms with Gasteiger partial charge in [-0.25, -0.2) is 0 Å². The van der Waals surface area contributed by atoms with Gasteiger partial charge in [-0.2, -0.15) is 0 Å². The zero-order valence-corrected chi connectivity index (χ0v) is 21.1. The average Bonchev–Trinajstić information content (AvgIpc) is 2.92. The molecule has 1 aliphatic carbocycles. The molecule has 1 aliphatic rings. The molecule has 1 fully saturated rings. The highest BCUT2D eigenvalue weighted by molar-refractivity contribution is 6.09. The van der Waals surface area contributed by atoms with Crippen molar-refractivity contribution in [3.63, 3.8) is 0 Å². The topological polar surface area (TPSA) is 80.8 Å². The average molecular weight is 488 g/mol. The van der Waals surface area contributed by atoms with Crippen LogP contribution in [0, 0.1) is 6.92 Å². The van der Waals surface area contributed by atoms with Crippen molar-refractivity contribution in [1.29, 1.82) is 0 Å². The summed E-state index contributed by atoms with van der Waals surface area (Å²) < 4.78 is 10.9. The molecule has 1 unspecified atom stereocenters. The summed E-state index contributed by atoms with van der Waals surface area (Å²) >= 11 is 0. The fourth-order valence-corrected chi connectivity index (χ4v) is 4.67. The number of nitrogens with one attached hydrogen (secondary N) is 1. The second kappa shape index (κ2) is 11.7. The molecule has 4 rings (SSSR count). The second-order valence-corrected chi connectivity index (χ2v) is 9.09. The Bertz CT molecular complexity index is 1170. The van der Waals surface area contributed by atoms with Crippen LogP contribution in [-0.4, -0.2) is 37.1 Å². The number of aromatic nitrogens is 1. The van der Waals surface area contributed by atoms with Crippen LogP contribution in [0.4, 0.5) is 5.69 Å². The molecule has 36 heavy (non-hydrogen) atoms. The highest BCUT2D eigenvalue weighted by Gasteiger charge is 2.35. The van der Waals surface area contributed by atoms with Crippen LogP contribution in [0.15, 0.2) is 66.9 Å². The van der Waals surface area contributed by atoms with Gasteiger partial charge in [0.1, 0.15) is 11.7 Å². The van der Waals surface area contributed by atoms with Crippen molar-refractivity contribution >= 4 is 17.5 Å². The van der Waals surface area contributed by atoms with Gasteiger partial charge in [0, 0.05) is 17.9 Å². The van der Waals surface area contributed by atoms with Crippen molar-refractivity contribution in [2.75, 3.05) is 19.1 Å². The summed E-state index contributed by atoms with van der Waals surface area (Å²) in [7, 11) is 3.11. The normalized spacial score (nSPS) is 14.5. The van der Waals surface area contributed by atoms with Crippen molar-refractivity contribution < 1.29 is 19.1 Å². The third kappa shape index (κ3) is 5.67. The third-order valence-corrected chi connectivity index (χ3v) is 6.60. The zero-order chi connectivity index (χ0) is 25.5. The van der Waals surface area contributed by atoms with Gasteiger partial charge >= 0.3 is 0 Å². The van der Waals surface area contributed by atoms with Crippen LogP contribution in [0.3, 0.4) is 0 Å². The lowest BCUT2D eigenvalue weighted by atomic mass is 9.94. The molecule has 2 amide bonds. The molecule has 0 aliphatic heterocycles. The number of nitrogens with zero attached hydrogens (tertiary/aromatic N) is 2. The number of carbonyl (C=O) groups excluding carboxylic acids is 2. The number of aryl methyl sites for hydroxylation is 1. The number of pyridine rings is 1. The molecule has 1 atom stereocenters. The van der Waals surface area contributed by atoms with Gasteiger partial charge in [0.25, 0.3) is 5.91 Å². The molecular formula is C29H33N3O4. The van der Waals surface area contributed by atoms with Gasteiger partial charge in [-0.05, 0) is 61.7 Å². The number of ether oxygens (including phenoxy) is 2. The third-order valence-electron chi connectivity index (χ3n) is 6.60. The fourth-order valence-electron chi connectivity index (χ4n) is 4.67. The van der Waals surface area contributed by atoms with E-state index in [-0.39, 0.29) is 23.6 Å². The molecule has 2 aromatic carbocycles. The molecule has 1 aromatic heterocycles. The molecule has 1 saturated carbocycles. The van der Waals surface area contributed by atoms with Gasteiger partial charge in [-0.1, -0.05) is 49.1 Å². The van der Waals surface area contributed by atoms with E-state index in [0.29, 0.717) is 22.7 Å². The van der Waals surface area contributed by atoms with E-state index >= 15 is 0 Å². The Morgan fingerprint density at radius 2 is 1.67 bits per heavy atom. The first kappa shape index (κ1) is 25.2. The number of methoxy groups -OCH3 is 2. The van der Waals surface area contributed by atoms with Gasteiger partial charge in [0.15, 0.2) is 11.5 Å². The molecule has 1 N–H and O–H groups in total. The number of amides is 2. The number of benzene rings is 2. The zero-order valence-electron chi connectivity index (χ0n) is 21.1. The highest BCUT2D eigenvalue weighted by Crippen LogP contribution is 2.35. The number of rotatable bonds is 8. The smallest absolute Gasteiger partial charge is 0.277 e. The SMILES string of the molecule is COc1ccc(C(C(=O)NC2CCCCC2)N(C(=O)c2ccccn2)c2ccc(C)cc2)cc1OC. The summed E-state index contributed by atoms with van der Waals surface area (Å²) in [6.07, 6.45) is 6.79. The van der Waals surface area contributed by atoms with E-state index in [2.05, 4.69) is 10.3 Å². The minimum Gasteiger partial charge on any atom is -0.493 e. The van der Waals surface area contributed by atoms with Crippen LogP contribution in [-0.2, 0) is 4.79 Å². The first-order valence-electron chi connectivity index (χ1n) is 12.4. The Morgan fingerprint density at radius 1 is 0.944 bits per heavy atom. The molecule has 0 radical (unpaired) electrons. The van der Waals surface area contributed by atoms with Crippen LogP contribution < -0.4 is 19.7 Å². The number of hydrogen-bond donors (Lipinski definition) is 1. The summed E-state index contributed by atoms with van der Waals surface area (Å²) in [6.45, 7) is 1.98. The Balaban J connectivity index is 1.84. The standard InChI is InChI=1S/C29H33N3O4/c1-20-12-15-23(16-13-20)32(29(34)24-11-7-8-18-30-24)27(28(33)31-22-9-5-4-6-10-22)21-14-17-25(35-2)26(19-21)36-3/h7-8,11-19,22,27H,4-6,9-10H2,1-3H3,(H,31,33). The summed E-state index contributed by atoms with van der Waals surface area (Å²) in [5.74, 6) is 0.433. The van der Waals surface area contributed by atoms with Crippen molar-refractivity contribution in [3.8, 4) is 11.5 Å². The Kier molecular flexibility index (Phi) is 8.21. The molecule has 0 saturated heterocycles. The van der Waals surface area contributed by atoms with Gasteiger partial charge in [0.2, 0.25) is 5.91 Å². The van der Waals surface area contributed by atoms with Crippen LogP contribution in [0.1, 0.15) is 59.8 Å². The number of anilines is 1. The van der Waals surface area contributed by atoms with E-state index < -0.39 is 6.04 Å². The van der Waals surface area contributed by atoms with Gasteiger partial charge in [0.05, 0.1) is 14.2 Å². The summed E-state index contributed by atoms with van der Waals surface area (Å²) in [4.78, 5) is 33.7. The van der Waals surface area contributed by atoms with E-state index in [1.54, 1.807) is 56.8 Å². The first-order valence-corrected chi connectivity index (χ1v) is 12.4. The maximum absolute atomic E-state index is 14.0. The van der Waals surface area contributed by atoms with E-state index in [4.69, 9.17) is 9.47 Å². The molecule has 0 bridgehead atoms. The lowest BCUT2D eigenvalue weighted by Gasteiger charge is -2.33. The van der Waals surface area contributed by atoms with Crippen molar-refractivity contribution in [1.82, 2.24) is 10.3 Å². The molecule has 0 spiro atoms. The van der Waals surface area contributed by atoms with Crippen molar-refractivity contribution in [2.24, 2.45) is 0 Å². The van der Waals surface area contributed by atoms with Gasteiger partial charge < -0.3 is 14.8 Å². The number of hydrogen-bond acceptors (Lipinski definition) is 5. The van der Waals surface area contributed by atoms with E-state index in [9.17, 15) is 9.59 Å². The molecule has 7 nitrogen and oxygen atoms in total. The van der Waals surface area contributed by atoms with Crippen LogP contribution >= 0.6 is 0 Å². The fraction of sp³-hybridized carbons (Fsp3) is 0.345. The molecule has 1 heterocycles. The maximum Gasteiger partial charge on any atom is 0.277 e. The predicted molar refractivity (Wildman–Crippen MR) is 140 cm³/mol. The minimum absolute atomic E-state index is 0.0821. The summed E-state index contributed by atoms with van der Waals surface area (Å²) in [6, 6.07) is 17.2. The second-order valence-electron chi connectivity index (χ2n) is 9.09. The monoisotopic (exact) mass is 487 g/mol. The molecule has 188 valence electrons. The number of carbonyl (C=O) groups is 2. The Labute approximate surface area is 212 Å². The summed E-state index contributed by atoms with van der Waals surface area (Å²) in [5, 5.41) is 3.23. The van der Waals surface area contributed by atoms with Gasteiger partial charge in [-0.3, -0.25) is 19.5 Å². The quantitative estimate of drug-likeness (QED) is 0.470. The van der Waals surface area contributed by atoms with Crippen LogP contribution in [0.25, 0.3) is 0 Å². The maximum atomic E-state index is 14.0.